The molecule has 0 aliphatic carbocycles. The average molecular weight is 562 g/mol. The van der Waals surface area contributed by atoms with E-state index in [1.54, 1.807) is 30.5 Å². The van der Waals surface area contributed by atoms with E-state index >= 15 is 0 Å². The first-order valence-electron chi connectivity index (χ1n) is 13.3. The Morgan fingerprint density at radius 1 is 1.15 bits per heavy atom. The van der Waals surface area contributed by atoms with Crippen molar-refractivity contribution in [2.24, 2.45) is 0 Å². The van der Waals surface area contributed by atoms with Crippen LogP contribution in [0, 0.1) is 0 Å². The van der Waals surface area contributed by atoms with Crippen LogP contribution >= 0.6 is 0 Å². The van der Waals surface area contributed by atoms with Crippen LogP contribution < -0.4 is 20.1 Å². The lowest BCUT2D eigenvalue weighted by Gasteiger charge is -2.26. The molecule has 40 heavy (non-hydrogen) atoms. The van der Waals surface area contributed by atoms with Crippen LogP contribution in [0.3, 0.4) is 0 Å². The number of sulfonamides is 1. The van der Waals surface area contributed by atoms with E-state index < -0.39 is 10.0 Å². The minimum atomic E-state index is -3.87. The zero-order chi connectivity index (χ0) is 27.7. The topological polar surface area (TPSA) is 122 Å². The summed E-state index contributed by atoms with van der Waals surface area (Å²) in [7, 11) is -3.87. The molecule has 1 saturated heterocycles. The predicted octanol–water partition coefficient (Wildman–Crippen LogP) is 3.36. The number of ether oxygens (including phenoxy) is 2. The van der Waals surface area contributed by atoms with Crippen LogP contribution in [0.15, 0.2) is 71.4 Å². The Morgan fingerprint density at radius 3 is 2.77 bits per heavy atom. The lowest BCUT2D eigenvalue weighted by Crippen LogP contribution is -2.38. The highest BCUT2D eigenvalue weighted by Gasteiger charge is 2.32. The Balaban J connectivity index is 1.19. The summed E-state index contributed by atoms with van der Waals surface area (Å²) in [6.07, 6.45) is 3.70. The molecule has 0 spiro atoms. The van der Waals surface area contributed by atoms with Crippen molar-refractivity contribution in [1.29, 1.82) is 0 Å². The molecule has 4 heterocycles. The van der Waals surface area contributed by atoms with Crippen LogP contribution in [0.5, 0.6) is 5.75 Å². The SMILES string of the molecule is C/C(=C1/C(=O)Nc2ccc(S(=O)(=O)Nc3cccnc3)cc21)C1Cc2cc(OCCN3CCOCC3)ccc2N1. The van der Waals surface area contributed by atoms with Crippen molar-refractivity contribution >= 4 is 38.6 Å². The van der Waals surface area contributed by atoms with Gasteiger partial charge in [-0.3, -0.25) is 19.4 Å². The number of carbonyl (C=O) groups excluding carboxylic acids is 1. The third-order valence-electron chi connectivity index (χ3n) is 7.49. The van der Waals surface area contributed by atoms with Crippen LogP contribution in [0.2, 0.25) is 0 Å². The van der Waals surface area contributed by atoms with Crippen molar-refractivity contribution in [1.82, 2.24) is 9.88 Å². The van der Waals surface area contributed by atoms with Crippen molar-refractivity contribution in [3.8, 4) is 5.75 Å². The molecule has 1 amide bonds. The molecule has 3 aliphatic rings. The van der Waals surface area contributed by atoms with Gasteiger partial charge >= 0.3 is 0 Å². The molecule has 3 aromatic rings. The fourth-order valence-electron chi connectivity index (χ4n) is 5.32. The second-order valence-electron chi connectivity index (χ2n) is 10.1. The predicted molar refractivity (Wildman–Crippen MR) is 153 cm³/mol. The fourth-order valence-corrected chi connectivity index (χ4v) is 6.39. The van der Waals surface area contributed by atoms with Gasteiger partial charge in [0.25, 0.3) is 15.9 Å². The number of hydrogen-bond acceptors (Lipinski definition) is 8. The largest absolute Gasteiger partial charge is 0.492 e. The van der Waals surface area contributed by atoms with Crippen LogP contribution in [0.4, 0.5) is 17.1 Å². The smallest absolute Gasteiger partial charge is 0.261 e. The maximum Gasteiger partial charge on any atom is 0.261 e. The Bertz CT molecular complexity index is 1570. The van der Waals surface area contributed by atoms with Gasteiger partial charge in [-0.25, -0.2) is 8.42 Å². The van der Waals surface area contributed by atoms with Gasteiger partial charge < -0.3 is 20.1 Å². The first kappa shape index (κ1) is 26.3. The van der Waals surface area contributed by atoms with Crippen molar-refractivity contribution in [3.63, 3.8) is 0 Å². The maximum absolute atomic E-state index is 13.1. The number of rotatable bonds is 8. The maximum atomic E-state index is 13.1. The van der Waals surface area contributed by atoms with Gasteiger partial charge in [-0.1, -0.05) is 0 Å². The van der Waals surface area contributed by atoms with Gasteiger partial charge in [-0.15, -0.1) is 0 Å². The highest BCUT2D eigenvalue weighted by molar-refractivity contribution is 7.92. The van der Waals surface area contributed by atoms with E-state index in [0.29, 0.717) is 35.5 Å². The minimum absolute atomic E-state index is 0.0680. The van der Waals surface area contributed by atoms with Crippen LogP contribution in [-0.4, -0.2) is 69.7 Å². The Hall–Kier alpha value is -3.93. The first-order chi connectivity index (χ1) is 19.4. The number of hydrogen-bond donors (Lipinski definition) is 3. The number of nitrogens with zero attached hydrogens (tertiary/aromatic N) is 2. The molecular formula is C29H31N5O5S. The summed E-state index contributed by atoms with van der Waals surface area (Å²) < 4.78 is 40.1. The van der Waals surface area contributed by atoms with E-state index in [0.717, 1.165) is 55.4 Å². The summed E-state index contributed by atoms with van der Waals surface area (Å²) in [6.45, 7) is 6.78. The van der Waals surface area contributed by atoms with E-state index in [9.17, 15) is 13.2 Å². The third-order valence-corrected chi connectivity index (χ3v) is 8.87. The number of morpholine rings is 1. The molecule has 3 aliphatic heterocycles. The molecule has 1 unspecified atom stereocenters. The second-order valence-corrected chi connectivity index (χ2v) is 11.8. The molecule has 1 aromatic heterocycles. The molecule has 3 N–H and O–H groups in total. The molecule has 0 saturated carbocycles. The molecule has 1 fully saturated rings. The molecule has 10 nitrogen and oxygen atoms in total. The van der Waals surface area contributed by atoms with Gasteiger partial charge in [0.2, 0.25) is 0 Å². The van der Waals surface area contributed by atoms with E-state index in [4.69, 9.17) is 9.47 Å². The van der Waals surface area contributed by atoms with E-state index in [2.05, 4.69) is 31.3 Å². The molecule has 1 atom stereocenters. The molecule has 11 heteroatoms. The second kappa shape index (κ2) is 10.9. The molecule has 208 valence electrons. The fraction of sp³-hybridized carbons (Fsp3) is 0.310. The number of fused-ring (bicyclic) bond motifs is 2. The summed E-state index contributed by atoms with van der Waals surface area (Å²) in [5.74, 6) is 0.576. The zero-order valence-corrected chi connectivity index (χ0v) is 23.0. The summed E-state index contributed by atoms with van der Waals surface area (Å²) in [5.41, 5.74) is 4.97. The number of nitrogens with one attached hydrogen (secondary N) is 3. The number of carbonyl (C=O) groups is 1. The monoisotopic (exact) mass is 561 g/mol. The lowest BCUT2D eigenvalue weighted by molar-refractivity contribution is -0.110. The minimum Gasteiger partial charge on any atom is -0.492 e. The number of pyridine rings is 1. The molecule has 0 radical (unpaired) electrons. The Morgan fingerprint density at radius 2 is 1.98 bits per heavy atom. The highest BCUT2D eigenvalue weighted by Crippen LogP contribution is 2.39. The molecular weight excluding hydrogens is 530 g/mol. The zero-order valence-electron chi connectivity index (χ0n) is 22.1. The van der Waals surface area contributed by atoms with Crippen molar-refractivity contribution in [2.45, 2.75) is 24.3 Å². The van der Waals surface area contributed by atoms with Crippen LogP contribution in [0.25, 0.3) is 5.57 Å². The van der Waals surface area contributed by atoms with Gasteiger partial charge in [0.05, 0.1) is 41.6 Å². The number of anilines is 3. The van der Waals surface area contributed by atoms with Crippen molar-refractivity contribution in [2.75, 3.05) is 54.8 Å². The summed E-state index contributed by atoms with van der Waals surface area (Å²) >= 11 is 0. The van der Waals surface area contributed by atoms with E-state index in [-0.39, 0.29) is 16.8 Å². The van der Waals surface area contributed by atoms with Gasteiger partial charge in [-0.05, 0) is 73.0 Å². The van der Waals surface area contributed by atoms with Gasteiger partial charge in [0.1, 0.15) is 12.4 Å². The average Bonchev–Trinajstić information content (AvgIpc) is 3.53. The highest BCUT2D eigenvalue weighted by atomic mass is 32.2. The first-order valence-corrected chi connectivity index (χ1v) is 14.8. The van der Waals surface area contributed by atoms with E-state index in [1.165, 1.54) is 12.3 Å². The van der Waals surface area contributed by atoms with E-state index in [1.807, 2.05) is 19.1 Å². The van der Waals surface area contributed by atoms with Gasteiger partial charge in [-0.2, -0.15) is 0 Å². The van der Waals surface area contributed by atoms with Crippen molar-refractivity contribution < 1.29 is 22.7 Å². The van der Waals surface area contributed by atoms with Gasteiger partial charge in [0.15, 0.2) is 0 Å². The standard InChI is InChI=1S/C29H31N5O5S/c1-19(27-16-20-15-22(4-6-25(20)31-27)39-14-11-34-9-12-38-13-10-34)28-24-17-23(5-7-26(24)32-29(28)35)40(36,37)33-21-3-2-8-30-18-21/h2-8,15,17-18,27,31,33H,9-14,16H2,1H3,(H,32,35)/b28-19-. The lowest BCUT2D eigenvalue weighted by atomic mass is 9.95. The van der Waals surface area contributed by atoms with Crippen LogP contribution in [-0.2, 0) is 26.0 Å². The number of aromatic nitrogens is 1. The molecule has 6 rings (SSSR count). The third kappa shape index (κ3) is 5.40. The summed E-state index contributed by atoms with van der Waals surface area (Å²) in [4.78, 5) is 19.4. The molecule has 0 bridgehead atoms. The normalized spacial score (nSPS) is 19.8. The Kier molecular flexibility index (Phi) is 7.18. The number of benzene rings is 2. The molecule has 2 aromatic carbocycles. The van der Waals surface area contributed by atoms with Crippen molar-refractivity contribution in [3.05, 3.63) is 77.6 Å². The quantitative estimate of drug-likeness (QED) is 0.358. The summed E-state index contributed by atoms with van der Waals surface area (Å²) in [6, 6.07) is 13.9. The van der Waals surface area contributed by atoms with Crippen LogP contribution in [0.1, 0.15) is 18.1 Å². The van der Waals surface area contributed by atoms with Gasteiger partial charge in [0, 0.05) is 42.8 Å². The number of amides is 1. The Labute approximate surface area is 233 Å². The summed E-state index contributed by atoms with van der Waals surface area (Å²) in [5, 5.41) is 6.40.